The van der Waals surface area contributed by atoms with Crippen molar-refractivity contribution in [2.75, 3.05) is 19.8 Å². The van der Waals surface area contributed by atoms with Crippen molar-refractivity contribution in [3.8, 4) is 16.9 Å². The van der Waals surface area contributed by atoms with Gasteiger partial charge in [-0.05, 0) is 19.1 Å². The Balaban J connectivity index is 1.72. The van der Waals surface area contributed by atoms with Gasteiger partial charge in [0.2, 0.25) is 0 Å². The number of para-hydroxylation sites is 1. The van der Waals surface area contributed by atoms with Gasteiger partial charge in [0.1, 0.15) is 0 Å². The summed E-state index contributed by atoms with van der Waals surface area (Å²) in [6.07, 6.45) is 2.17. The standard InChI is InChI=1S/C21H23N3O/c1-17-16-25-13-12-23(17)14-19-15-24(20-10-6-3-7-11-20)22-21(19)18-8-4-2-5-9-18/h2-11,15,17H,12-14,16H2,1H3. The first-order valence-corrected chi connectivity index (χ1v) is 8.82. The van der Waals surface area contributed by atoms with Crippen LogP contribution in [-0.4, -0.2) is 40.5 Å². The van der Waals surface area contributed by atoms with Gasteiger partial charge in [0.15, 0.2) is 0 Å². The summed E-state index contributed by atoms with van der Waals surface area (Å²) in [6, 6.07) is 21.2. The fraction of sp³-hybridized carbons (Fsp3) is 0.286. The average molecular weight is 333 g/mol. The summed E-state index contributed by atoms with van der Waals surface area (Å²) in [6.45, 7) is 5.68. The maximum atomic E-state index is 5.58. The number of nitrogens with zero attached hydrogens (tertiary/aromatic N) is 3. The molecule has 1 aliphatic heterocycles. The Bertz CT molecular complexity index is 814. The minimum atomic E-state index is 0.428. The smallest absolute Gasteiger partial charge is 0.0972 e. The molecule has 0 amide bonds. The Morgan fingerprint density at radius 2 is 1.76 bits per heavy atom. The zero-order chi connectivity index (χ0) is 17.1. The van der Waals surface area contributed by atoms with E-state index >= 15 is 0 Å². The lowest BCUT2D eigenvalue weighted by molar-refractivity contribution is -0.00430. The molecule has 1 atom stereocenters. The number of hydrogen-bond donors (Lipinski definition) is 0. The molecular formula is C21H23N3O. The molecule has 0 spiro atoms. The fourth-order valence-electron chi connectivity index (χ4n) is 3.29. The molecule has 4 rings (SSSR count). The van der Waals surface area contributed by atoms with Crippen LogP contribution in [0.4, 0.5) is 0 Å². The third-order valence-corrected chi connectivity index (χ3v) is 4.74. The van der Waals surface area contributed by atoms with Gasteiger partial charge < -0.3 is 4.74 Å². The normalized spacial score (nSPS) is 18.4. The van der Waals surface area contributed by atoms with Crippen molar-refractivity contribution >= 4 is 0 Å². The van der Waals surface area contributed by atoms with Crippen molar-refractivity contribution in [1.82, 2.24) is 14.7 Å². The first kappa shape index (κ1) is 16.1. The van der Waals surface area contributed by atoms with Crippen molar-refractivity contribution in [3.63, 3.8) is 0 Å². The molecule has 0 bridgehead atoms. The fourth-order valence-corrected chi connectivity index (χ4v) is 3.29. The topological polar surface area (TPSA) is 30.3 Å². The van der Waals surface area contributed by atoms with Gasteiger partial charge in [0.05, 0.1) is 24.6 Å². The lowest BCUT2D eigenvalue weighted by Crippen LogP contribution is -2.42. The Hall–Kier alpha value is -2.43. The highest BCUT2D eigenvalue weighted by atomic mass is 16.5. The van der Waals surface area contributed by atoms with Gasteiger partial charge in [-0.1, -0.05) is 48.5 Å². The quantitative estimate of drug-likeness (QED) is 0.728. The van der Waals surface area contributed by atoms with E-state index in [4.69, 9.17) is 9.84 Å². The second-order valence-electron chi connectivity index (χ2n) is 6.54. The van der Waals surface area contributed by atoms with Crippen LogP contribution in [0.2, 0.25) is 0 Å². The Kier molecular flexibility index (Phi) is 4.63. The van der Waals surface area contributed by atoms with E-state index in [1.54, 1.807) is 0 Å². The van der Waals surface area contributed by atoms with Gasteiger partial charge in [-0.2, -0.15) is 5.10 Å². The van der Waals surface area contributed by atoms with Crippen molar-refractivity contribution in [1.29, 1.82) is 0 Å². The highest BCUT2D eigenvalue weighted by Gasteiger charge is 2.22. The number of morpholine rings is 1. The van der Waals surface area contributed by atoms with Gasteiger partial charge >= 0.3 is 0 Å². The van der Waals surface area contributed by atoms with Crippen molar-refractivity contribution in [2.24, 2.45) is 0 Å². The number of aromatic nitrogens is 2. The summed E-state index contributed by atoms with van der Waals surface area (Å²) in [5.41, 5.74) is 4.56. The summed E-state index contributed by atoms with van der Waals surface area (Å²) in [5.74, 6) is 0. The molecule has 0 aliphatic carbocycles. The van der Waals surface area contributed by atoms with E-state index in [0.717, 1.165) is 43.2 Å². The first-order chi connectivity index (χ1) is 12.3. The molecule has 4 heteroatoms. The Labute approximate surface area is 148 Å². The predicted molar refractivity (Wildman–Crippen MR) is 99.7 cm³/mol. The van der Waals surface area contributed by atoms with Crippen LogP contribution in [-0.2, 0) is 11.3 Å². The third kappa shape index (κ3) is 3.50. The van der Waals surface area contributed by atoms with Gasteiger partial charge in [0, 0.05) is 36.5 Å². The van der Waals surface area contributed by atoms with E-state index in [2.05, 4.69) is 54.4 Å². The summed E-state index contributed by atoms with van der Waals surface area (Å²) in [5, 5.41) is 4.90. The van der Waals surface area contributed by atoms with Crippen molar-refractivity contribution < 1.29 is 4.74 Å². The summed E-state index contributed by atoms with van der Waals surface area (Å²) in [4.78, 5) is 2.47. The number of hydrogen-bond acceptors (Lipinski definition) is 3. The maximum Gasteiger partial charge on any atom is 0.0972 e. The number of rotatable bonds is 4. The molecular weight excluding hydrogens is 310 g/mol. The predicted octanol–water partition coefficient (Wildman–Crippen LogP) is 3.76. The Morgan fingerprint density at radius 3 is 2.48 bits per heavy atom. The molecule has 1 aromatic heterocycles. The van der Waals surface area contributed by atoms with Crippen LogP contribution in [0.15, 0.2) is 66.9 Å². The molecule has 4 nitrogen and oxygen atoms in total. The highest BCUT2D eigenvalue weighted by molar-refractivity contribution is 5.63. The molecule has 25 heavy (non-hydrogen) atoms. The number of ether oxygens (including phenoxy) is 1. The second kappa shape index (κ2) is 7.21. The summed E-state index contributed by atoms with van der Waals surface area (Å²) in [7, 11) is 0. The number of benzene rings is 2. The van der Waals surface area contributed by atoms with E-state index in [1.165, 1.54) is 5.56 Å². The van der Waals surface area contributed by atoms with E-state index < -0.39 is 0 Å². The molecule has 1 fully saturated rings. The molecule has 1 saturated heterocycles. The minimum Gasteiger partial charge on any atom is -0.379 e. The molecule has 3 aromatic rings. The summed E-state index contributed by atoms with van der Waals surface area (Å²) >= 11 is 0. The van der Waals surface area contributed by atoms with Crippen LogP contribution in [0.5, 0.6) is 0 Å². The summed E-state index contributed by atoms with van der Waals surface area (Å²) < 4.78 is 7.57. The molecule has 0 N–H and O–H groups in total. The van der Waals surface area contributed by atoms with Crippen LogP contribution in [0.1, 0.15) is 12.5 Å². The molecule has 0 saturated carbocycles. The first-order valence-electron chi connectivity index (χ1n) is 8.82. The molecule has 1 unspecified atom stereocenters. The van der Waals surface area contributed by atoms with Crippen LogP contribution >= 0.6 is 0 Å². The van der Waals surface area contributed by atoms with Crippen LogP contribution in [0.25, 0.3) is 16.9 Å². The largest absolute Gasteiger partial charge is 0.379 e. The van der Waals surface area contributed by atoms with Gasteiger partial charge in [-0.15, -0.1) is 0 Å². The monoisotopic (exact) mass is 333 g/mol. The SMILES string of the molecule is CC1COCCN1Cc1cn(-c2ccccc2)nc1-c1ccccc1. The van der Waals surface area contributed by atoms with E-state index in [0.29, 0.717) is 6.04 Å². The Morgan fingerprint density at radius 1 is 1.04 bits per heavy atom. The lowest BCUT2D eigenvalue weighted by atomic mass is 10.1. The minimum absolute atomic E-state index is 0.428. The molecule has 1 aliphatic rings. The maximum absolute atomic E-state index is 5.58. The zero-order valence-corrected chi connectivity index (χ0v) is 14.5. The van der Waals surface area contributed by atoms with Gasteiger partial charge in [-0.25, -0.2) is 4.68 Å². The van der Waals surface area contributed by atoms with Crippen LogP contribution in [0.3, 0.4) is 0 Å². The second-order valence-corrected chi connectivity index (χ2v) is 6.54. The van der Waals surface area contributed by atoms with Crippen molar-refractivity contribution in [2.45, 2.75) is 19.5 Å². The van der Waals surface area contributed by atoms with E-state index in [-0.39, 0.29) is 0 Å². The lowest BCUT2D eigenvalue weighted by Gasteiger charge is -2.33. The van der Waals surface area contributed by atoms with E-state index in [1.807, 2.05) is 28.9 Å². The van der Waals surface area contributed by atoms with Crippen LogP contribution in [0, 0.1) is 0 Å². The van der Waals surface area contributed by atoms with E-state index in [9.17, 15) is 0 Å². The van der Waals surface area contributed by atoms with Gasteiger partial charge in [0.25, 0.3) is 0 Å². The third-order valence-electron chi connectivity index (χ3n) is 4.74. The van der Waals surface area contributed by atoms with Crippen molar-refractivity contribution in [3.05, 3.63) is 72.4 Å². The molecule has 0 radical (unpaired) electrons. The molecule has 2 heterocycles. The average Bonchev–Trinajstić information content (AvgIpc) is 3.09. The zero-order valence-electron chi connectivity index (χ0n) is 14.5. The highest BCUT2D eigenvalue weighted by Crippen LogP contribution is 2.25. The molecule has 2 aromatic carbocycles. The van der Waals surface area contributed by atoms with Gasteiger partial charge in [-0.3, -0.25) is 4.90 Å². The molecule has 128 valence electrons. The van der Waals surface area contributed by atoms with Crippen LogP contribution < -0.4 is 0 Å².